The summed E-state index contributed by atoms with van der Waals surface area (Å²) in [6, 6.07) is 1.64. The molecule has 0 aliphatic heterocycles. The fourth-order valence-corrected chi connectivity index (χ4v) is 1.83. The normalized spacial score (nSPS) is 12.3. The van der Waals surface area contributed by atoms with E-state index in [4.69, 9.17) is 0 Å². The molecule has 132 valence electrons. The second kappa shape index (κ2) is 6.62. The first kappa shape index (κ1) is 19.7. The zero-order valence-corrected chi connectivity index (χ0v) is 12.5. The van der Waals surface area contributed by atoms with E-state index in [0.29, 0.717) is 6.07 Å². The number of para-hydroxylation sites is 1. The zero-order valence-electron chi connectivity index (χ0n) is 12.5. The number of Topliss-reactive ketones (excluding diaryl/α,β-unsaturated/α-hetero) is 2. The Hall–Kier alpha value is -2.39. The molecule has 0 radical (unpaired) electrons. The number of nitrogens with zero attached hydrogens (tertiary/aromatic N) is 1. The van der Waals surface area contributed by atoms with E-state index in [2.05, 4.69) is 0 Å². The van der Waals surface area contributed by atoms with Crippen LogP contribution < -0.4 is 0 Å². The number of hydrogen-bond donors (Lipinski definition) is 0. The molecule has 0 heterocycles. The molecule has 0 aliphatic rings. The molecule has 10 heteroatoms. The van der Waals surface area contributed by atoms with Gasteiger partial charge in [-0.15, -0.1) is 0 Å². The van der Waals surface area contributed by atoms with Gasteiger partial charge in [0.15, 0.2) is 5.78 Å². The molecular formula is C14H12F5NO4. The summed E-state index contributed by atoms with van der Waals surface area (Å²) in [7, 11) is 0. The van der Waals surface area contributed by atoms with Gasteiger partial charge in [-0.1, -0.05) is 19.9 Å². The summed E-state index contributed by atoms with van der Waals surface area (Å²) in [6.45, 7) is 2.89. The quantitative estimate of drug-likeness (QED) is 0.254. The molecule has 5 nitrogen and oxygen atoms in total. The van der Waals surface area contributed by atoms with Crippen LogP contribution in [-0.4, -0.2) is 22.7 Å². The Morgan fingerprint density at radius 3 is 2.12 bits per heavy atom. The van der Waals surface area contributed by atoms with Crippen molar-refractivity contribution in [2.24, 2.45) is 5.92 Å². The predicted molar refractivity (Wildman–Crippen MR) is 71.8 cm³/mol. The van der Waals surface area contributed by atoms with E-state index in [1.807, 2.05) is 0 Å². The minimum Gasteiger partial charge on any atom is -0.299 e. The number of alkyl halides is 5. The van der Waals surface area contributed by atoms with Crippen LogP contribution in [0, 0.1) is 16.0 Å². The number of rotatable bonds is 6. The van der Waals surface area contributed by atoms with Crippen LogP contribution >= 0.6 is 0 Å². The minimum atomic E-state index is -6.08. The maximum Gasteiger partial charge on any atom is 0.458 e. The van der Waals surface area contributed by atoms with Crippen molar-refractivity contribution < 1.29 is 36.5 Å². The number of benzene rings is 1. The number of ketones is 2. The first-order valence-electron chi connectivity index (χ1n) is 6.59. The number of hydrogen-bond acceptors (Lipinski definition) is 4. The fraction of sp³-hybridized carbons (Fsp3) is 0.429. The average molecular weight is 353 g/mol. The molecule has 0 fully saturated rings. The predicted octanol–water partition coefficient (Wildman–Crippen LogP) is 4.05. The van der Waals surface area contributed by atoms with E-state index in [-0.39, 0.29) is 6.07 Å². The number of nitro groups is 1. The Labute approximate surface area is 132 Å². The van der Waals surface area contributed by atoms with Gasteiger partial charge in [0.2, 0.25) is 0 Å². The molecule has 24 heavy (non-hydrogen) atoms. The molecular weight excluding hydrogens is 341 g/mol. The van der Waals surface area contributed by atoms with Gasteiger partial charge in [0.05, 0.1) is 16.9 Å². The third kappa shape index (κ3) is 3.74. The van der Waals surface area contributed by atoms with Crippen LogP contribution in [0.2, 0.25) is 0 Å². The van der Waals surface area contributed by atoms with Crippen molar-refractivity contribution in [1.29, 1.82) is 0 Å². The highest BCUT2D eigenvalue weighted by Gasteiger charge is 2.61. The van der Waals surface area contributed by atoms with Crippen LogP contribution in [0.3, 0.4) is 0 Å². The van der Waals surface area contributed by atoms with Crippen molar-refractivity contribution in [2.75, 3.05) is 0 Å². The summed E-state index contributed by atoms with van der Waals surface area (Å²) in [5.74, 6) is -7.94. The van der Waals surface area contributed by atoms with Gasteiger partial charge in [0.25, 0.3) is 5.69 Å². The molecule has 0 saturated carbocycles. The standard InChI is InChI=1S/C14H12F5NO4/c1-7(2)10(21)6-11(22)8-4-3-5-9(12(8)20(23)24)13(15,16)14(17,18)19/h3-5,7H,6H2,1-2H3. The van der Waals surface area contributed by atoms with Crippen molar-refractivity contribution in [1.82, 2.24) is 0 Å². The molecule has 0 spiro atoms. The van der Waals surface area contributed by atoms with Crippen LogP contribution in [0.4, 0.5) is 27.6 Å². The summed E-state index contributed by atoms with van der Waals surface area (Å²) < 4.78 is 64.5. The van der Waals surface area contributed by atoms with Crippen LogP contribution in [-0.2, 0) is 10.7 Å². The first-order chi connectivity index (χ1) is 10.8. The lowest BCUT2D eigenvalue weighted by Gasteiger charge is -2.20. The van der Waals surface area contributed by atoms with Crippen molar-refractivity contribution in [3.8, 4) is 0 Å². The lowest BCUT2D eigenvalue weighted by atomic mass is 9.95. The van der Waals surface area contributed by atoms with E-state index in [1.54, 1.807) is 0 Å². The Kier molecular flexibility index (Phi) is 5.42. The minimum absolute atomic E-state index is 0.229. The summed E-state index contributed by atoms with van der Waals surface area (Å²) in [6.07, 6.45) is -6.91. The van der Waals surface area contributed by atoms with Crippen LogP contribution in [0.25, 0.3) is 0 Å². The molecule has 0 saturated heterocycles. The van der Waals surface area contributed by atoms with Crippen molar-refractivity contribution in [3.63, 3.8) is 0 Å². The Bertz CT molecular complexity index is 682. The smallest absolute Gasteiger partial charge is 0.299 e. The molecule has 0 aliphatic carbocycles. The molecule has 0 unspecified atom stereocenters. The van der Waals surface area contributed by atoms with E-state index in [0.717, 1.165) is 6.07 Å². The average Bonchev–Trinajstić information content (AvgIpc) is 2.44. The van der Waals surface area contributed by atoms with E-state index < -0.39 is 57.7 Å². The number of carbonyl (C=O) groups is 2. The SMILES string of the molecule is CC(C)C(=O)CC(=O)c1cccc(C(F)(F)C(F)(F)F)c1[N+](=O)[O-]. The molecule has 1 aromatic rings. The molecule has 0 aromatic heterocycles. The van der Waals surface area contributed by atoms with Gasteiger partial charge in [-0.2, -0.15) is 22.0 Å². The summed E-state index contributed by atoms with van der Waals surface area (Å²) in [4.78, 5) is 33.0. The zero-order chi connectivity index (χ0) is 18.9. The summed E-state index contributed by atoms with van der Waals surface area (Å²) in [5.41, 5.74) is -4.56. The fourth-order valence-electron chi connectivity index (χ4n) is 1.83. The summed E-state index contributed by atoms with van der Waals surface area (Å²) in [5, 5.41) is 11.0. The monoisotopic (exact) mass is 353 g/mol. The van der Waals surface area contributed by atoms with Crippen LogP contribution in [0.15, 0.2) is 18.2 Å². The van der Waals surface area contributed by atoms with Crippen molar-refractivity contribution in [3.05, 3.63) is 39.4 Å². The van der Waals surface area contributed by atoms with Gasteiger partial charge >= 0.3 is 12.1 Å². The van der Waals surface area contributed by atoms with E-state index in [9.17, 15) is 41.7 Å². The first-order valence-corrected chi connectivity index (χ1v) is 6.59. The highest BCUT2D eigenvalue weighted by atomic mass is 19.4. The molecule has 1 rings (SSSR count). The molecule has 0 amide bonds. The lowest BCUT2D eigenvalue weighted by molar-refractivity contribution is -0.390. The van der Waals surface area contributed by atoms with Gasteiger partial charge < -0.3 is 0 Å². The largest absolute Gasteiger partial charge is 0.458 e. The number of carbonyl (C=O) groups excluding carboxylic acids is 2. The van der Waals surface area contributed by atoms with Crippen molar-refractivity contribution >= 4 is 17.3 Å². The maximum atomic E-state index is 13.5. The van der Waals surface area contributed by atoms with Crippen LogP contribution in [0.5, 0.6) is 0 Å². The third-order valence-corrected chi connectivity index (χ3v) is 3.19. The van der Waals surface area contributed by atoms with Gasteiger partial charge in [0, 0.05) is 5.92 Å². The van der Waals surface area contributed by atoms with Crippen LogP contribution in [0.1, 0.15) is 36.2 Å². The highest BCUT2D eigenvalue weighted by molar-refractivity contribution is 6.10. The molecule has 0 N–H and O–H groups in total. The topological polar surface area (TPSA) is 77.3 Å². The lowest BCUT2D eigenvalue weighted by Crippen LogP contribution is -2.34. The second-order valence-corrected chi connectivity index (χ2v) is 5.25. The van der Waals surface area contributed by atoms with Gasteiger partial charge in [-0.05, 0) is 12.1 Å². The van der Waals surface area contributed by atoms with E-state index >= 15 is 0 Å². The Morgan fingerprint density at radius 2 is 1.71 bits per heavy atom. The molecule has 0 atom stereocenters. The molecule has 1 aromatic carbocycles. The van der Waals surface area contributed by atoms with Crippen molar-refractivity contribution in [2.45, 2.75) is 32.4 Å². The van der Waals surface area contributed by atoms with Gasteiger partial charge in [0.1, 0.15) is 11.3 Å². The number of nitro benzene ring substituents is 1. The van der Waals surface area contributed by atoms with E-state index in [1.165, 1.54) is 13.8 Å². The van der Waals surface area contributed by atoms with Gasteiger partial charge in [-0.25, -0.2) is 0 Å². The van der Waals surface area contributed by atoms with Gasteiger partial charge in [-0.3, -0.25) is 19.7 Å². The molecule has 0 bridgehead atoms. The Morgan fingerprint density at radius 1 is 1.17 bits per heavy atom. The summed E-state index contributed by atoms with van der Waals surface area (Å²) >= 11 is 0. The maximum absolute atomic E-state index is 13.5. The highest BCUT2D eigenvalue weighted by Crippen LogP contribution is 2.47. The second-order valence-electron chi connectivity index (χ2n) is 5.25. The Balaban J connectivity index is 3.50. The number of halogens is 5. The third-order valence-electron chi connectivity index (χ3n) is 3.19.